The standard InChI is InChI=1S/C26H29N3O3/c1-31-22-10-9-19-17-21(8-7-20(19)18-22)25-27-24-6-3-2-5-23(24)26(30)29(25)12-4-11-28-13-15-32-16-14-28/h2-3,5-10,17-18,25,27H,4,11-16H2,1H3/t25-/m1/s1. The molecule has 2 aliphatic heterocycles. The van der Waals surface area contributed by atoms with Crippen molar-refractivity contribution in [3.05, 3.63) is 71.8 Å². The summed E-state index contributed by atoms with van der Waals surface area (Å²) in [6.45, 7) is 5.19. The van der Waals surface area contributed by atoms with E-state index in [1.165, 1.54) is 0 Å². The van der Waals surface area contributed by atoms with Crippen LogP contribution in [0.3, 0.4) is 0 Å². The Morgan fingerprint density at radius 2 is 1.78 bits per heavy atom. The topological polar surface area (TPSA) is 54.0 Å². The highest BCUT2D eigenvalue weighted by Crippen LogP contribution is 2.34. The summed E-state index contributed by atoms with van der Waals surface area (Å²) in [6.07, 6.45) is 0.727. The van der Waals surface area contributed by atoms with Gasteiger partial charge in [0.1, 0.15) is 11.9 Å². The Balaban J connectivity index is 1.42. The van der Waals surface area contributed by atoms with Crippen molar-refractivity contribution in [3.63, 3.8) is 0 Å². The fourth-order valence-corrected chi connectivity index (χ4v) is 4.62. The Morgan fingerprint density at radius 3 is 2.62 bits per heavy atom. The van der Waals surface area contributed by atoms with Crippen LogP contribution in [0.2, 0.25) is 0 Å². The quantitative estimate of drug-likeness (QED) is 0.636. The van der Waals surface area contributed by atoms with Crippen molar-refractivity contribution in [2.24, 2.45) is 0 Å². The van der Waals surface area contributed by atoms with Crippen LogP contribution < -0.4 is 10.1 Å². The molecule has 0 radical (unpaired) electrons. The molecule has 1 amide bonds. The van der Waals surface area contributed by atoms with Gasteiger partial charge in [-0.2, -0.15) is 0 Å². The Bertz CT molecular complexity index is 1110. The monoisotopic (exact) mass is 431 g/mol. The van der Waals surface area contributed by atoms with E-state index in [1.807, 2.05) is 41.3 Å². The Kier molecular flexibility index (Phi) is 5.97. The molecule has 1 saturated heterocycles. The van der Waals surface area contributed by atoms with Gasteiger partial charge in [-0.15, -0.1) is 0 Å². The van der Waals surface area contributed by atoms with Crippen molar-refractivity contribution < 1.29 is 14.3 Å². The van der Waals surface area contributed by atoms with Crippen LogP contribution in [0.25, 0.3) is 10.8 Å². The molecule has 2 heterocycles. The van der Waals surface area contributed by atoms with E-state index in [-0.39, 0.29) is 12.1 Å². The number of amides is 1. The van der Waals surface area contributed by atoms with Crippen molar-refractivity contribution in [2.75, 3.05) is 51.8 Å². The average Bonchev–Trinajstić information content (AvgIpc) is 2.85. The number of para-hydroxylation sites is 1. The highest BCUT2D eigenvalue weighted by molar-refractivity contribution is 6.01. The van der Waals surface area contributed by atoms with Crippen molar-refractivity contribution in [1.82, 2.24) is 9.80 Å². The van der Waals surface area contributed by atoms with Crippen molar-refractivity contribution >= 4 is 22.4 Å². The zero-order chi connectivity index (χ0) is 21.9. The maximum absolute atomic E-state index is 13.5. The molecule has 1 N–H and O–H groups in total. The number of anilines is 1. The average molecular weight is 432 g/mol. The van der Waals surface area contributed by atoms with Crippen LogP contribution in [0.4, 0.5) is 5.69 Å². The third kappa shape index (κ3) is 4.16. The van der Waals surface area contributed by atoms with Crippen molar-refractivity contribution in [3.8, 4) is 5.75 Å². The van der Waals surface area contributed by atoms with Crippen molar-refractivity contribution in [1.29, 1.82) is 0 Å². The van der Waals surface area contributed by atoms with E-state index in [9.17, 15) is 4.79 Å². The van der Waals surface area contributed by atoms with Gasteiger partial charge in [0.05, 0.1) is 25.9 Å². The number of nitrogens with one attached hydrogen (secondary N) is 1. The number of hydrogen-bond acceptors (Lipinski definition) is 5. The molecule has 6 nitrogen and oxygen atoms in total. The molecule has 0 aliphatic carbocycles. The van der Waals surface area contributed by atoms with E-state index in [1.54, 1.807) is 7.11 Å². The smallest absolute Gasteiger partial charge is 0.257 e. The second kappa shape index (κ2) is 9.18. The van der Waals surface area contributed by atoms with Gasteiger partial charge in [-0.1, -0.05) is 30.3 Å². The fraction of sp³-hybridized carbons (Fsp3) is 0.346. The number of ether oxygens (including phenoxy) is 2. The number of carbonyl (C=O) groups excluding carboxylic acids is 1. The van der Waals surface area contributed by atoms with Gasteiger partial charge in [0, 0.05) is 31.9 Å². The summed E-state index contributed by atoms with van der Waals surface area (Å²) < 4.78 is 10.8. The molecular weight excluding hydrogens is 402 g/mol. The minimum atomic E-state index is -0.200. The van der Waals surface area contributed by atoms with Crippen molar-refractivity contribution in [2.45, 2.75) is 12.6 Å². The first-order valence-corrected chi connectivity index (χ1v) is 11.3. The lowest BCUT2D eigenvalue weighted by atomic mass is 10.0. The summed E-state index contributed by atoms with van der Waals surface area (Å²) in [5, 5.41) is 5.87. The van der Waals surface area contributed by atoms with Gasteiger partial charge >= 0.3 is 0 Å². The molecule has 1 atom stereocenters. The van der Waals surface area contributed by atoms with Crippen LogP contribution in [0, 0.1) is 0 Å². The van der Waals surface area contributed by atoms with Gasteiger partial charge in [0.15, 0.2) is 0 Å². The van der Waals surface area contributed by atoms with Gasteiger partial charge in [-0.3, -0.25) is 9.69 Å². The SMILES string of the molecule is COc1ccc2cc([C@@H]3Nc4ccccc4C(=O)N3CCCN3CCOCC3)ccc2c1. The Morgan fingerprint density at radius 1 is 1.00 bits per heavy atom. The summed E-state index contributed by atoms with van der Waals surface area (Å²) in [5.41, 5.74) is 2.71. The lowest BCUT2D eigenvalue weighted by Gasteiger charge is -2.39. The summed E-state index contributed by atoms with van der Waals surface area (Å²) in [7, 11) is 1.68. The number of hydrogen-bond donors (Lipinski definition) is 1. The number of methoxy groups -OCH3 is 1. The lowest BCUT2D eigenvalue weighted by molar-refractivity contribution is 0.0348. The molecule has 0 bridgehead atoms. The highest BCUT2D eigenvalue weighted by Gasteiger charge is 2.32. The van der Waals surface area contributed by atoms with E-state index in [0.29, 0.717) is 6.54 Å². The molecule has 0 aromatic heterocycles. The summed E-state index contributed by atoms with van der Waals surface area (Å²) >= 11 is 0. The minimum absolute atomic E-state index is 0.0844. The minimum Gasteiger partial charge on any atom is -0.497 e. The van der Waals surface area contributed by atoms with Gasteiger partial charge in [-0.25, -0.2) is 0 Å². The summed E-state index contributed by atoms with van der Waals surface area (Å²) in [4.78, 5) is 17.9. The lowest BCUT2D eigenvalue weighted by Crippen LogP contribution is -2.44. The van der Waals surface area contributed by atoms with E-state index in [4.69, 9.17) is 9.47 Å². The number of benzene rings is 3. The third-order valence-corrected chi connectivity index (χ3v) is 6.39. The number of nitrogens with zero attached hydrogens (tertiary/aromatic N) is 2. The van der Waals surface area contributed by atoms with Crippen LogP contribution in [0.1, 0.15) is 28.5 Å². The van der Waals surface area contributed by atoms with Crippen LogP contribution >= 0.6 is 0 Å². The molecule has 2 aliphatic rings. The summed E-state index contributed by atoms with van der Waals surface area (Å²) in [6, 6.07) is 20.2. The van der Waals surface area contributed by atoms with Gasteiger partial charge in [0.25, 0.3) is 5.91 Å². The maximum Gasteiger partial charge on any atom is 0.257 e. The molecule has 0 spiro atoms. The van der Waals surface area contributed by atoms with Gasteiger partial charge in [-0.05, 0) is 53.1 Å². The maximum atomic E-state index is 13.5. The highest BCUT2D eigenvalue weighted by atomic mass is 16.5. The van der Waals surface area contributed by atoms with Crippen LogP contribution in [0.15, 0.2) is 60.7 Å². The molecule has 1 fully saturated rings. The molecular formula is C26H29N3O3. The normalized spacial score (nSPS) is 19.0. The number of morpholine rings is 1. The van der Waals surface area contributed by atoms with Crippen LogP contribution in [-0.4, -0.2) is 62.2 Å². The molecule has 0 unspecified atom stereocenters. The van der Waals surface area contributed by atoms with Crippen LogP contribution in [-0.2, 0) is 4.74 Å². The summed E-state index contributed by atoms with van der Waals surface area (Å²) in [5.74, 6) is 0.927. The fourth-order valence-electron chi connectivity index (χ4n) is 4.62. The zero-order valence-electron chi connectivity index (χ0n) is 18.4. The molecule has 32 heavy (non-hydrogen) atoms. The molecule has 166 valence electrons. The molecule has 0 saturated carbocycles. The number of rotatable bonds is 6. The Labute approximate surface area is 188 Å². The predicted molar refractivity (Wildman–Crippen MR) is 126 cm³/mol. The first kappa shape index (κ1) is 20.8. The largest absolute Gasteiger partial charge is 0.497 e. The second-order valence-electron chi connectivity index (χ2n) is 8.37. The molecule has 6 heteroatoms. The first-order valence-electron chi connectivity index (χ1n) is 11.3. The second-order valence-corrected chi connectivity index (χ2v) is 8.37. The van der Waals surface area contributed by atoms with Crippen LogP contribution in [0.5, 0.6) is 5.75 Å². The number of carbonyl (C=O) groups is 1. The van der Waals surface area contributed by atoms with E-state index in [2.05, 4.69) is 34.5 Å². The van der Waals surface area contributed by atoms with E-state index >= 15 is 0 Å². The molecule has 3 aromatic carbocycles. The van der Waals surface area contributed by atoms with E-state index in [0.717, 1.165) is 72.6 Å². The molecule has 3 aromatic rings. The van der Waals surface area contributed by atoms with Gasteiger partial charge in [0.2, 0.25) is 0 Å². The van der Waals surface area contributed by atoms with E-state index < -0.39 is 0 Å². The Hall–Kier alpha value is -3.09. The molecule has 5 rings (SSSR count). The predicted octanol–water partition coefficient (Wildman–Crippen LogP) is 4.14. The third-order valence-electron chi connectivity index (χ3n) is 6.39. The first-order chi connectivity index (χ1) is 15.7. The van der Waals surface area contributed by atoms with Gasteiger partial charge < -0.3 is 19.7 Å². The number of fused-ring (bicyclic) bond motifs is 2. The zero-order valence-corrected chi connectivity index (χ0v) is 18.4.